The number of sulfonamides is 2. The van der Waals surface area contributed by atoms with Crippen molar-refractivity contribution in [1.29, 1.82) is 0 Å². The summed E-state index contributed by atoms with van der Waals surface area (Å²) in [6.45, 7) is 3.15. The van der Waals surface area contributed by atoms with Crippen molar-refractivity contribution >= 4 is 31.1 Å². The van der Waals surface area contributed by atoms with Gasteiger partial charge in [0.05, 0.1) is 22.8 Å². The molecule has 2 aliphatic heterocycles. The van der Waals surface area contributed by atoms with Crippen LogP contribution in [0.5, 0.6) is 5.75 Å². The van der Waals surface area contributed by atoms with Crippen LogP contribution in [0.3, 0.4) is 0 Å². The van der Waals surface area contributed by atoms with Gasteiger partial charge in [0, 0.05) is 43.3 Å². The molecule has 3 aromatic rings. The zero-order valence-corrected chi connectivity index (χ0v) is 23.0. The Bertz CT molecular complexity index is 1550. The van der Waals surface area contributed by atoms with Crippen LogP contribution in [0.4, 0.5) is 0 Å². The molecule has 39 heavy (non-hydrogen) atoms. The molecule has 4 heterocycles. The number of aromatic nitrogens is 3. The van der Waals surface area contributed by atoms with Gasteiger partial charge >= 0.3 is 0 Å². The van der Waals surface area contributed by atoms with Crippen molar-refractivity contribution in [3.05, 3.63) is 42.2 Å². The number of aliphatic hydroxyl groups excluding tert-OH is 1. The number of primary sulfonamides is 1. The molecule has 0 saturated carbocycles. The van der Waals surface area contributed by atoms with Crippen molar-refractivity contribution in [2.45, 2.75) is 53.7 Å². The van der Waals surface area contributed by atoms with E-state index in [1.54, 1.807) is 19.1 Å². The molecule has 2 saturated heterocycles. The van der Waals surface area contributed by atoms with Crippen LogP contribution >= 0.6 is 0 Å². The second kappa shape index (κ2) is 10.7. The first-order valence-corrected chi connectivity index (χ1v) is 15.6. The van der Waals surface area contributed by atoms with E-state index in [-0.39, 0.29) is 29.0 Å². The number of aromatic amines is 1. The highest BCUT2D eigenvalue weighted by Gasteiger charge is 2.44. The number of H-pyrrole nitrogens is 1. The maximum absolute atomic E-state index is 13.3. The summed E-state index contributed by atoms with van der Waals surface area (Å²) in [4.78, 5) is 4.29. The minimum absolute atomic E-state index is 0.00388. The topological polar surface area (TPSA) is 190 Å². The molecular weight excluding hydrogens is 548 g/mol. The Morgan fingerprint density at radius 3 is 2.77 bits per heavy atom. The highest BCUT2D eigenvalue weighted by atomic mass is 32.2. The Hall–Kier alpha value is -2.66. The Morgan fingerprint density at radius 1 is 1.26 bits per heavy atom. The molecular formula is C24H32N6O7S2. The van der Waals surface area contributed by atoms with Gasteiger partial charge in [-0.25, -0.2) is 27.0 Å². The van der Waals surface area contributed by atoms with E-state index in [0.717, 1.165) is 0 Å². The lowest BCUT2D eigenvalue weighted by Gasteiger charge is -2.38. The summed E-state index contributed by atoms with van der Waals surface area (Å²) in [7, 11) is -7.54. The molecule has 0 bridgehead atoms. The smallest absolute Gasteiger partial charge is 0.244 e. The van der Waals surface area contributed by atoms with Crippen molar-refractivity contribution in [3.8, 4) is 5.75 Å². The van der Waals surface area contributed by atoms with E-state index in [1.165, 1.54) is 28.7 Å². The van der Waals surface area contributed by atoms with E-state index in [0.29, 0.717) is 61.4 Å². The van der Waals surface area contributed by atoms with Crippen molar-refractivity contribution < 1.29 is 31.4 Å². The number of hydrogen-bond donors (Lipinski definition) is 4. The van der Waals surface area contributed by atoms with E-state index < -0.39 is 31.8 Å². The van der Waals surface area contributed by atoms with Gasteiger partial charge in [-0.05, 0) is 44.4 Å². The number of aryl methyl sites for hydroxylation is 1. The Morgan fingerprint density at radius 2 is 2.03 bits per heavy atom. The number of nitrogens with one attached hydrogen (secondary N) is 2. The number of nitrogens with zero attached hydrogens (tertiary/aromatic N) is 3. The van der Waals surface area contributed by atoms with Gasteiger partial charge in [0.15, 0.2) is 5.65 Å². The third kappa shape index (κ3) is 6.09. The van der Waals surface area contributed by atoms with E-state index in [1.807, 2.05) is 0 Å². The molecule has 1 spiro atoms. The van der Waals surface area contributed by atoms with Crippen LogP contribution < -0.4 is 15.2 Å². The Balaban J connectivity index is 1.10. The van der Waals surface area contributed by atoms with Gasteiger partial charge in [-0.1, -0.05) is 6.07 Å². The zero-order chi connectivity index (χ0) is 27.8. The predicted molar refractivity (Wildman–Crippen MR) is 141 cm³/mol. The quantitative estimate of drug-likeness (QED) is 0.273. The lowest BCUT2D eigenvalue weighted by atomic mass is 9.88. The Labute approximate surface area is 226 Å². The zero-order valence-electron chi connectivity index (χ0n) is 21.4. The van der Waals surface area contributed by atoms with Crippen LogP contribution in [0, 0.1) is 6.92 Å². The maximum Gasteiger partial charge on any atom is 0.244 e. The monoisotopic (exact) mass is 580 g/mol. The summed E-state index contributed by atoms with van der Waals surface area (Å²) in [5.41, 5.74) is 0.829. The molecule has 5 N–H and O–H groups in total. The standard InChI is InChI=1S/C24H32N6O7S2/c1-16-22-10-21(13-27-23(22)29-28-16)39(34,35)30-7-5-24(6-8-30)11-17(14-37-24)26-12-18(31)15-36-19-3-2-4-20(9-19)38(25,32)33/h2-4,9-10,13,17-18,26,31H,5-8,11-12,14-15H2,1H3,(H2,25,32,33)(H,27,28,29). The van der Waals surface area contributed by atoms with Gasteiger partial charge < -0.3 is 19.9 Å². The van der Waals surface area contributed by atoms with E-state index in [9.17, 15) is 21.9 Å². The van der Waals surface area contributed by atoms with E-state index >= 15 is 0 Å². The fourth-order valence-electron chi connectivity index (χ4n) is 5.05. The van der Waals surface area contributed by atoms with Gasteiger partial charge in [0.25, 0.3) is 0 Å². The van der Waals surface area contributed by atoms with Crippen molar-refractivity contribution in [3.63, 3.8) is 0 Å². The largest absolute Gasteiger partial charge is 0.491 e. The maximum atomic E-state index is 13.3. The van der Waals surface area contributed by atoms with Gasteiger partial charge in [-0.15, -0.1) is 0 Å². The molecule has 2 unspecified atom stereocenters. The lowest BCUT2D eigenvalue weighted by molar-refractivity contribution is -0.0312. The molecule has 0 aliphatic carbocycles. The van der Waals surface area contributed by atoms with Crippen molar-refractivity contribution in [2.24, 2.45) is 5.14 Å². The van der Waals surface area contributed by atoms with Gasteiger partial charge in [-0.3, -0.25) is 5.10 Å². The number of benzene rings is 1. The van der Waals surface area contributed by atoms with Crippen LogP contribution in [-0.4, -0.2) is 92.0 Å². The molecule has 1 aromatic carbocycles. The number of rotatable bonds is 9. The molecule has 0 amide bonds. The SMILES string of the molecule is Cc1n[nH]c2ncc(S(=O)(=O)N3CCC4(CC3)CC(NCC(O)COc3cccc(S(N)(=O)=O)c3)CO4)cc12. The van der Waals surface area contributed by atoms with Crippen molar-refractivity contribution in [2.75, 3.05) is 32.8 Å². The average Bonchev–Trinajstić information content (AvgIpc) is 3.49. The third-order valence-corrected chi connectivity index (χ3v) is 10.1. The van der Waals surface area contributed by atoms with Gasteiger partial charge in [0.2, 0.25) is 20.0 Å². The molecule has 2 fully saturated rings. The second-order valence-corrected chi connectivity index (χ2v) is 13.6. The number of aliphatic hydroxyl groups is 1. The summed E-state index contributed by atoms with van der Waals surface area (Å²) >= 11 is 0. The average molecular weight is 581 g/mol. The fourth-order valence-corrected chi connectivity index (χ4v) is 7.01. The number of piperidine rings is 1. The third-order valence-electron chi connectivity index (χ3n) is 7.28. The first kappa shape index (κ1) is 27.9. The molecule has 0 radical (unpaired) electrons. The van der Waals surface area contributed by atoms with Crippen LogP contribution in [0.1, 0.15) is 25.0 Å². The highest BCUT2D eigenvalue weighted by molar-refractivity contribution is 7.89. The summed E-state index contributed by atoms with van der Waals surface area (Å²) < 4.78 is 62.7. The van der Waals surface area contributed by atoms with Crippen molar-refractivity contribution in [1.82, 2.24) is 24.8 Å². The minimum Gasteiger partial charge on any atom is -0.491 e. The second-order valence-electron chi connectivity index (χ2n) is 10.1. The van der Waals surface area contributed by atoms with Crippen LogP contribution in [0.2, 0.25) is 0 Å². The van der Waals surface area contributed by atoms with Crippen LogP contribution in [0.25, 0.3) is 11.0 Å². The first-order chi connectivity index (χ1) is 18.5. The number of nitrogens with two attached hydrogens (primary N) is 1. The fraction of sp³-hybridized carbons (Fsp3) is 0.500. The van der Waals surface area contributed by atoms with Crippen LogP contribution in [0.15, 0.2) is 46.3 Å². The molecule has 212 valence electrons. The van der Waals surface area contributed by atoms with Crippen LogP contribution in [-0.2, 0) is 24.8 Å². The molecule has 15 heteroatoms. The number of pyridine rings is 1. The Kier molecular flexibility index (Phi) is 7.67. The summed E-state index contributed by atoms with van der Waals surface area (Å²) in [5, 5.41) is 26.3. The summed E-state index contributed by atoms with van der Waals surface area (Å²) in [5.74, 6) is 0.293. The molecule has 2 aliphatic rings. The van der Waals surface area contributed by atoms with Gasteiger partial charge in [0.1, 0.15) is 23.4 Å². The predicted octanol–water partition coefficient (Wildman–Crippen LogP) is 0.255. The number of fused-ring (bicyclic) bond motifs is 1. The molecule has 2 aromatic heterocycles. The lowest BCUT2D eigenvalue weighted by Crippen LogP contribution is -2.47. The molecule has 5 rings (SSSR count). The van der Waals surface area contributed by atoms with E-state index in [2.05, 4.69) is 20.5 Å². The summed E-state index contributed by atoms with van der Waals surface area (Å²) in [6.07, 6.45) is 2.36. The first-order valence-electron chi connectivity index (χ1n) is 12.6. The van der Waals surface area contributed by atoms with E-state index in [4.69, 9.17) is 14.6 Å². The molecule has 13 nitrogen and oxygen atoms in total. The summed E-state index contributed by atoms with van der Waals surface area (Å²) in [6, 6.07) is 7.39. The normalized spacial score (nSPS) is 20.9. The molecule has 2 atom stereocenters. The minimum atomic E-state index is -3.84. The van der Waals surface area contributed by atoms with Gasteiger partial charge in [-0.2, -0.15) is 9.40 Å². The highest BCUT2D eigenvalue weighted by Crippen LogP contribution is 2.37. The number of hydrogen-bond acceptors (Lipinski definition) is 10. The number of ether oxygens (including phenoxy) is 2.